The molecular formula is C50H54IrN2SSi-2. The van der Waals surface area contributed by atoms with E-state index in [1.807, 2.05) is 35.7 Å². The Balaban J connectivity index is 0.000000204. The zero-order chi connectivity index (χ0) is 38.1. The van der Waals surface area contributed by atoms with E-state index < -0.39 is 8.07 Å². The molecule has 0 spiro atoms. The third kappa shape index (κ3) is 9.13. The van der Waals surface area contributed by atoms with Crippen molar-refractivity contribution >= 4 is 44.8 Å². The van der Waals surface area contributed by atoms with Crippen LogP contribution in [0.5, 0.6) is 0 Å². The summed E-state index contributed by atoms with van der Waals surface area (Å²) in [5.74, 6) is 0.751. The van der Waals surface area contributed by atoms with Gasteiger partial charge in [-0.2, -0.15) is 11.3 Å². The summed E-state index contributed by atoms with van der Waals surface area (Å²) in [6, 6.07) is 43.4. The number of hydrogen-bond donors (Lipinski definition) is 0. The molecule has 1 saturated carbocycles. The smallest absolute Gasteiger partial charge is 0.0798 e. The molecule has 1 aliphatic carbocycles. The van der Waals surface area contributed by atoms with Gasteiger partial charge in [-0.1, -0.05) is 150 Å². The first-order valence-electron chi connectivity index (χ1n) is 19.6. The van der Waals surface area contributed by atoms with Crippen LogP contribution in [0.3, 0.4) is 0 Å². The molecule has 1 radical (unpaired) electrons. The van der Waals surface area contributed by atoms with Crippen molar-refractivity contribution in [1.29, 1.82) is 0 Å². The Labute approximate surface area is 348 Å². The fourth-order valence-electron chi connectivity index (χ4n) is 8.25. The summed E-state index contributed by atoms with van der Waals surface area (Å²) in [6.45, 7) is 18.9. The van der Waals surface area contributed by atoms with Crippen LogP contribution >= 0.6 is 11.3 Å². The standard InChI is InChI=1S/C31H28NS.C19H26NSi.Ir/c1-31(2,22-12-6-7-13-22)23-18-19-32-27(20-23)25-17-16-24(21-10-4-3-5-11-21)29-26-14-8-9-15-28(26)33-30(25)29;1-19(2,3)13-16-12-17(15-10-8-7-9-11-15)20-14-18(16)21(4,5)6;/h3-5,8-11,14-16,18-20,22H,6-7,12-13H2,1-2H3;7-10,12,14H,13H2,1-6H3;/q2*-1;. The Hall–Kier alpha value is -3.73. The molecule has 8 rings (SSSR count). The van der Waals surface area contributed by atoms with E-state index in [1.165, 1.54) is 73.3 Å². The fraction of sp³-hybridized carbons (Fsp3) is 0.320. The zero-order valence-corrected chi connectivity index (χ0v) is 37.9. The first-order valence-corrected chi connectivity index (χ1v) is 24.0. The SMILES string of the molecule is CC(C)(C)Cc1cc(-c2[c-]cccc2)ncc1[Si](C)(C)C.CC(C)(c1ccnc(-c2[c-]cc(-c3ccccc3)c3c2sc2ccccc23)c1)C1CCCC1.[Ir]. The Morgan fingerprint density at radius 3 is 2.18 bits per heavy atom. The minimum Gasteiger partial charge on any atom is -0.305 e. The predicted octanol–water partition coefficient (Wildman–Crippen LogP) is 13.7. The minimum atomic E-state index is -1.37. The molecule has 285 valence electrons. The van der Waals surface area contributed by atoms with E-state index in [9.17, 15) is 0 Å². The number of hydrogen-bond acceptors (Lipinski definition) is 3. The molecule has 55 heavy (non-hydrogen) atoms. The van der Waals surface area contributed by atoms with Crippen LogP contribution in [0.4, 0.5) is 0 Å². The zero-order valence-electron chi connectivity index (χ0n) is 33.7. The van der Waals surface area contributed by atoms with Gasteiger partial charge in [0.2, 0.25) is 0 Å². The van der Waals surface area contributed by atoms with E-state index in [0.717, 1.165) is 34.9 Å². The molecule has 3 aromatic heterocycles. The maximum atomic E-state index is 4.85. The molecule has 0 N–H and O–H groups in total. The Morgan fingerprint density at radius 2 is 1.49 bits per heavy atom. The summed E-state index contributed by atoms with van der Waals surface area (Å²) in [4.78, 5) is 9.56. The number of thiophene rings is 1. The number of aromatic nitrogens is 2. The number of rotatable bonds is 7. The molecule has 3 heterocycles. The molecule has 2 nitrogen and oxygen atoms in total. The maximum absolute atomic E-state index is 4.85. The van der Waals surface area contributed by atoms with E-state index in [4.69, 9.17) is 9.97 Å². The minimum absolute atomic E-state index is 0. The molecular weight excluding hydrogens is 881 g/mol. The van der Waals surface area contributed by atoms with E-state index in [1.54, 1.807) is 0 Å². The van der Waals surface area contributed by atoms with Crippen LogP contribution in [0.2, 0.25) is 19.6 Å². The molecule has 0 amide bonds. The first kappa shape index (κ1) is 40.9. The van der Waals surface area contributed by atoms with Crippen LogP contribution in [0.1, 0.15) is 71.4 Å². The molecule has 1 aliphatic rings. The molecule has 0 atom stereocenters. The average Bonchev–Trinajstić information content (AvgIpc) is 3.85. The molecule has 7 aromatic rings. The Kier molecular flexibility index (Phi) is 12.5. The van der Waals surface area contributed by atoms with E-state index in [0.29, 0.717) is 0 Å². The van der Waals surface area contributed by atoms with Gasteiger partial charge < -0.3 is 9.97 Å². The summed E-state index contributed by atoms with van der Waals surface area (Å²) < 4.78 is 2.59. The topological polar surface area (TPSA) is 25.8 Å². The summed E-state index contributed by atoms with van der Waals surface area (Å²) in [6.07, 6.45) is 10.6. The Morgan fingerprint density at radius 1 is 0.782 bits per heavy atom. The molecule has 0 bridgehead atoms. The normalized spacial score (nSPS) is 13.7. The maximum Gasteiger partial charge on any atom is 0.0798 e. The third-order valence-electron chi connectivity index (χ3n) is 11.2. The van der Waals surface area contributed by atoms with Gasteiger partial charge in [0, 0.05) is 37.2 Å². The predicted molar refractivity (Wildman–Crippen MR) is 236 cm³/mol. The van der Waals surface area contributed by atoms with E-state index in [2.05, 4.69) is 158 Å². The van der Waals surface area contributed by atoms with Crippen LogP contribution in [0.15, 0.2) is 116 Å². The van der Waals surface area contributed by atoms with Gasteiger partial charge in [-0.25, -0.2) is 0 Å². The average molecular weight is 935 g/mol. The van der Waals surface area contributed by atoms with Crippen molar-refractivity contribution in [1.82, 2.24) is 9.97 Å². The molecule has 0 unspecified atom stereocenters. The second-order valence-electron chi connectivity index (χ2n) is 17.9. The summed E-state index contributed by atoms with van der Waals surface area (Å²) in [5.41, 5.74) is 10.1. The largest absolute Gasteiger partial charge is 0.305 e. The van der Waals surface area contributed by atoms with Gasteiger partial charge in [-0.15, -0.1) is 53.6 Å². The number of nitrogens with zero attached hydrogens (tertiary/aromatic N) is 2. The second-order valence-corrected chi connectivity index (χ2v) is 24.0. The fourth-order valence-corrected chi connectivity index (χ4v) is 11.1. The van der Waals surface area contributed by atoms with E-state index >= 15 is 0 Å². The van der Waals surface area contributed by atoms with Gasteiger partial charge in [-0.3, -0.25) is 0 Å². The number of benzene rings is 4. The van der Waals surface area contributed by atoms with Crippen molar-refractivity contribution < 1.29 is 20.1 Å². The molecule has 1 fully saturated rings. The van der Waals surface area contributed by atoms with Gasteiger partial charge in [0.25, 0.3) is 0 Å². The second kappa shape index (κ2) is 16.8. The van der Waals surface area contributed by atoms with Crippen LogP contribution < -0.4 is 5.19 Å². The summed E-state index contributed by atoms with van der Waals surface area (Å²) in [5, 5.41) is 4.11. The van der Waals surface area contributed by atoms with Crippen LogP contribution in [0.25, 0.3) is 53.8 Å². The van der Waals surface area contributed by atoms with Gasteiger partial charge >= 0.3 is 0 Å². The van der Waals surface area contributed by atoms with Crippen molar-refractivity contribution in [2.24, 2.45) is 11.3 Å². The third-order valence-corrected chi connectivity index (χ3v) is 14.4. The van der Waals surface area contributed by atoms with Crippen molar-refractivity contribution in [3.8, 4) is 33.6 Å². The first-order chi connectivity index (χ1) is 25.8. The van der Waals surface area contributed by atoms with Gasteiger partial charge in [0.05, 0.1) is 8.07 Å². The van der Waals surface area contributed by atoms with Crippen LogP contribution in [-0.4, -0.2) is 18.0 Å². The van der Waals surface area contributed by atoms with Crippen molar-refractivity contribution in [3.63, 3.8) is 0 Å². The molecule has 5 heteroatoms. The quantitative estimate of drug-likeness (QED) is 0.118. The molecule has 4 aromatic carbocycles. The monoisotopic (exact) mass is 935 g/mol. The van der Waals surface area contributed by atoms with Gasteiger partial charge in [-0.05, 0) is 80.4 Å². The van der Waals surface area contributed by atoms with Crippen molar-refractivity contribution in [2.75, 3.05) is 0 Å². The van der Waals surface area contributed by atoms with Crippen LogP contribution in [0, 0.1) is 23.5 Å². The number of pyridine rings is 2. The van der Waals surface area contributed by atoms with Crippen LogP contribution in [-0.2, 0) is 31.9 Å². The summed E-state index contributed by atoms with van der Waals surface area (Å²) in [7, 11) is -1.37. The van der Waals surface area contributed by atoms with Gasteiger partial charge in [0.1, 0.15) is 0 Å². The Bertz CT molecular complexity index is 2360. The molecule has 0 aliphatic heterocycles. The van der Waals surface area contributed by atoms with Crippen molar-refractivity contribution in [3.05, 3.63) is 139 Å². The summed E-state index contributed by atoms with van der Waals surface area (Å²) >= 11 is 1.86. The van der Waals surface area contributed by atoms with Crippen molar-refractivity contribution in [2.45, 2.75) is 91.8 Å². The van der Waals surface area contributed by atoms with E-state index in [-0.39, 0.29) is 30.9 Å². The number of fused-ring (bicyclic) bond motifs is 3. The van der Waals surface area contributed by atoms with Gasteiger partial charge in [0.15, 0.2) is 0 Å². The molecule has 0 saturated heterocycles.